The van der Waals surface area contributed by atoms with Crippen LogP contribution >= 0.6 is 0 Å². The Morgan fingerprint density at radius 1 is 1.19 bits per heavy atom. The van der Waals surface area contributed by atoms with Crippen LogP contribution in [0.3, 0.4) is 0 Å². The molecule has 0 aliphatic heterocycles. The van der Waals surface area contributed by atoms with E-state index in [2.05, 4.69) is 10.6 Å². The number of nitrogens with one attached hydrogen (secondary N) is 2. The average molecular weight is 381 g/mol. The molecule has 3 N–H and O–H groups in total. The van der Waals surface area contributed by atoms with Gasteiger partial charge in [-0.05, 0) is 64.2 Å². The Morgan fingerprint density at radius 2 is 1.85 bits per heavy atom. The number of anilines is 1. The van der Waals surface area contributed by atoms with Gasteiger partial charge in [-0.1, -0.05) is 12.1 Å². The first kappa shape index (κ1) is 20.4. The molecule has 7 heteroatoms. The zero-order chi connectivity index (χ0) is 19.3. The Kier molecular flexibility index (Phi) is 6.81. The Labute approximate surface area is 157 Å². The molecular formula is C19H28N2O4S. The van der Waals surface area contributed by atoms with Gasteiger partial charge in [0.2, 0.25) is 0 Å². The standard InChI is InChI=1S/C19H28N2O4S/c1-19(2,3)26(25)12-13-5-4-6-16(11-13)21-18(24)20-15-9-7-14(8-10-15)17(22)23/h4-6,11,14-15H,7-10,12H2,1-3H3,(H,22,23)(H2,20,21,24). The van der Waals surface area contributed by atoms with Gasteiger partial charge in [0.1, 0.15) is 0 Å². The van der Waals surface area contributed by atoms with E-state index in [1.807, 2.05) is 39.0 Å². The van der Waals surface area contributed by atoms with Crippen LogP contribution in [-0.2, 0) is 21.3 Å². The monoisotopic (exact) mass is 380 g/mol. The highest BCUT2D eigenvalue weighted by molar-refractivity contribution is 7.85. The second-order valence-corrected chi connectivity index (χ2v) is 9.99. The topological polar surface area (TPSA) is 95.5 Å². The van der Waals surface area contributed by atoms with E-state index in [1.165, 1.54) is 0 Å². The van der Waals surface area contributed by atoms with Crippen LogP contribution in [0.15, 0.2) is 24.3 Å². The number of carboxylic acids is 1. The summed E-state index contributed by atoms with van der Waals surface area (Å²) >= 11 is 0. The van der Waals surface area contributed by atoms with Crippen molar-refractivity contribution >= 4 is 28.5 Å². The van der Waals surface area contributed by atoms with Crippen molar-refractivity contribution in [2.75, 3.05) is 5.32 Å². The number of rotatable bonds is 5. The van der Waals surface area contributed by atoms with E-state index in [0.29, 0.717) is 37.1 Å². The third kappa shape index (κ3) is 6.12. The van der Waals surface area contributed by atoms with Crippen molar-refractivity contribution in [3.8, 4) is 0 Å². The van der Waals surface area contributed by atoms with Crippen molar-refractivity contribution in [3.63, 3.8) is 0 Å². The highest BCUT2D eigenvalue weighted by Gasteiger charge is 2.26. The van der Waals surface area contributed by atoms with Crippen molar-refractivity contribution in [2.45, 2.75) is 63.0 Å². The lowest BCUT2D eigenvalue weighted by Gasteiger charge is -2.26. The van der Waals surface area contributed by atoms with Crippen LogP contribution < -0.4 is 10.6 Å². The van der Waals surface area contributed by atoms with E-state index < -0.39 is 16.8 Å². The first-order valence-corrected chi connectivity index (χ1v) is 10.2. The molecule has 6 nitrogen and oxygen atoms in total. The van der Waals surface area contributed by atoms with E-state index in [-0.39, 0.29) is 22.7 Å². The minimum absolute atomic E-state index is 0.00202. The molecule has 0 spiro atoms. The maximum absolute atomic E-state index is 12.3. The summed E-state index contributed by atoms with van der Waals surface area (Å²) in [4.78, 5) is 23.2. The number of carbonyl (C=O) groups excluding carboxylic acids is 1. The number of aliphatic carboxylic acids is 1. The van der Waals surface area contributed by atoms with Crippen molar-refractivity contribution in [3.05, 3.63) is 29.8 Å². The van der Waals surface area contributed by atoms with Gasteiger partial charge in [-0.15, -0.1) is 0 Å². The predicted octanol–water partition coefficient (Wildman–Crippen LogP) is 3.50. The fourth-order valence-electron chi connectivity index (χ4n) is 2.94. The molecule has 1 fully saturated rings. The first-order valence-electron chi connectivity index (χ1n) is 8.93. The van der Waals surface area contributed by atoms with Crippen LogP contribution in [0.2, 0.25) is 0 Å². The fraction of sp³-hybridized carbons (Fsp3) is 0.579. The maximum Gasteiger partial charge on any atom is 0.319 e. The Hall–Kier alpha value is -1.89. The molecule has 1 unspecified atom stereocenters. The minimum Gasteiger partial charge on any atom is -0.481 e. The Bertz CT molecular complexity index is 676. The number of amides is 2. The maximum atomic E-state index is 12.3. The number of carboxylic acid groups (broad SMARTS) is 1. The molecule has 2 amide bonds. The van der Waals surface area contributed by atoms with Gasteiger partial charge in [0, 0.05) is 33.0 Å². The molecule has 2 rings (SSSR count). The Balaban J connectivity index is 1.87. The first-order chi connectivity index (χ1) is 12.1. The fourth-order valence-corrected chi connectivity index (χ4v) is 3.86. The molecule has 1 aromatic carbocycles. The Morgan fingerprint density at radius 3 is 2.42 bits per heavy atom. The molecule has 1 saturated carbocycles. The summed E-state index contributed by atoms with van der Waals surface area (Å²) in [5, 5.41) is 14.7. The number of hydrogen-bond acceptors (Lipinski definition) is 3. The summed E-state index contributed by atoms with van der Waals surface area (Å²) in [6.45, 7) is 5.83. The molecule has 144 valence electrons. The van der Waals surface area contributed by atoms with Gasteiger partial charge in [0.15, 0.2) is 0 Å². The van der Waals surface area contributed by atoms with E-state index >= 15 is 0 Å². The molecule has 0 saturated heterocycles. The van der Waals surface area contributed by atoms with Crippen LogP contribution in [-0.4, -0.2) is 32.1 Å². The second kappa shape index (κ2) is 8.66. The summed E-state index contributed by atoms with van der Waals surface area (Å²) in [5.41, 5.74) is 1.57. The van der Waals surface area contributed by atoms with E-state index in [4.69, 9.17) is 5.11 Å². The SMILES string of the molecule is CC(C)(C)S(=O)Cc1cccc(NC(=O)NC2CCC(C(=O)O)CC2)c1. The predicted molar refractivity (Wildman–Crippen MR) is 104 cm³/mol. The van der Waals surface area contributed by atoms with Gasteiger partial charge in [0.05, 0.1) is 5.92 Å². The lowest BCUT2D eigenvalue weighted by molar-refractivity contribution is -0.142. The molecule has 0 aromatic heterocycles. The zero-order valence-corrected chi connectivity index (χ0v) is 16.4. The van der Waals surface area contributed by atoms with Gasteiger partial charge < -0.3 is 15.7 Å². The highest BCUT2D eigenvalue weighted by Crippen LogP contribution is 2.24. The lowest BCUT2D eigenvalue weighted by Crippen LogP contribution is -2.41. The number of urea groups is 1. The number of hydrogen-bond donors (Lipinski definition) is 3. The van der Waals surface area contributed by atoms with Gasteiger partial charge in [0.25, 0.3) is 0 Å². The molecule has 26 heavy (non-hydrogen) atoms. The summed E-state index contributed by atoms with van der Waals surface area (Å²) in [5.74, 6) is -0.603. The normalized spacial score (nSPS) is 21.7. The molecule has 1 atom stereocenters. The zero-order valence-electron chi connectivity index (χ0n) is 15.6. The molecular weight excluding hydrogens is 352 g/mol. The largest absolute Gasteiger partial charge is 0.481 e. The second-order valence-electron chi connectivity index (χ2n) is 7.79. The van der Waals surface area contributed by atoms with E-state index in [0.717, 1.165) is 5.56 Å². The van der Waals surface area contributed by atoms with Crippen LogP contribution in [0.25, 0.3) is 0 Å². The van der Waals surface area contributed by atoms with Gasteiger partial charge in [-0.3, -0.25) is 9.00 Å². The van der Waals surface area contributed by atoms with Crippen LogP contribution in [0.5, 0.6) is 0 Å². The molecule has 1 aliphatic carbocycles. The van der Waals surface area contributed by atoms with Crippen molar-refractivity contribution in [2.24, 2.45) is 5.92 Å². The van der Waals surface area contributed by atoms with Crippen LogP contribution in [0, 0.1) is 5.92 Å². The summed E-state index contributed by atoms with van der Waals surface area (Å²) in [7, 11) is -0.999. The van der Waals surface area contributed by atoms with E-state index in [1.54, 1.807) is 6.07 Å². The smallest absolute Gasteiger partial charge is 0.319 e. The van der Waals surface area contributed by atoms with Crippen molar-refractivity contribution in [1.82, 2.24) is 5.32 Å². The number of benzene rings is 1. The average Bonchev–Trinajstić information content (AvgIpc) is 2.54. The van der Waals surface area contributed by atoms with Crippen LogP contribution in [0.4, 0.5) is 10.5 Å². The van der Waals surface area contributed by atoms with Crippen molar-refractivity contribution in [1.29, 1.82) is 0 Å². The summed E-state index contributed by atoms with van der Waals surface area (Å²) < 4.78 is 12.0. The van der Waals surface area contributed by atoms with E-state index in [9.17, 15) is 13.8 Å². The quantitative estimate of drug-likeness (QED) is 0.728. The summed E-state index contributed by atoms with van der Waals surface area (Å²) in [6.07, 6.45) is 2.53. The van der Waals surface area contributed by atoms with Gasteiger partial charge >= 0.3 is 12.0 Å². The lowest BCUT2D eigenvalue weighted by atomic mass is 9.86. The molecule has 0 bridgehead atoms. The van der Waals surface area contributed by atoms with Gasteiger partial charge in [-0.25, -0.2) is 4.79 Å². The third-order valence-corrected chi connectivity index (χ3v) is 6.54. The van der Waals surface area contributed by atoms with Crippen molar-refractivity contribution < 1.29 is 18.9 Å². The van der Waals surface area contributed by atoms with Crippen LogP contribution in [0.1, 0.15) is 52.0 Å². The van der Waals surface area contributed by atoms with Gasteiger partial charge in [-0.2, -0.15) is 0 Å². The summed E-state index contributed by atoms with van der Waals surface area (Å²) in [6, 6.07) is 7.08. The molecule has 0 radical (unpaired) electrons. The number of carbonyl (C=O) groups is 2. The minimum atomic E-state index is -0.999. The third-order valence-electron chi connectivity index (χ3n) is 4.58. The molecule has 0 heterocycles. The molecule has 1 aliphatic rings. The molecule has 1 aromatic rings. The highest BCUT2D eigenvalue weighted by atomic mass is 32.2.